The molecule has 4 N–H and O–H groups in total. The van der Waals surface area contributed by atoms with E-state index in [1.807, 2.05) is 6.07 Å². The number of hydrogen-bond acceptors (Lipinski definition) is 4. The van der Waals surface area contributed by atoms with Crippen LogP contribution in [-0.4, -0.2) is 28.7 Å². The topological polar surface area (TPSA) is 115 Å². The van der Waals surface area contributed by atoms with Crippen molar-refractivity contribution in [1.82, 2.24) is 4.68 Å². The zero-order chi connectivity index (χ0) is 17.7. The van der Waals surface area contributed by atoms with Gasteiger partial charge in [-0.1, -0.05) is 29.8 Å². The normalized spacial score (nSPS) is 11.4. The van der Waals surface area contributed by atoms with Crippen molar-refractivity contribution >= 4 is 35.2 Å². The van der Waals surface area contributed by atoms with Crippen molar-refractivity contribution in [3.63, 3.8) is 0 Å². The van der Waals surface area contributed by atoms with E-state index in [1.165, 1.54) is 19.2 Å². The predicted molar refractivity (Wildman–Crippen MR) is 88.3 cm³/mol. The van der Waals surface area contributed by atoms with Crippen molar-refractivity contribution in [3.8, 4) is 0 Å². The number of benzene rings is 1. The number of nitrogens with two attached hydrogens (primary N) is 1. The summed E-state index contributed by atoms with van der Waals surface area (Å²) in [4.78, 5) is 35.0. The molecule has 2 rings (SSSR count). The molecule has 8 nitrogen and oxygen atoms in total. The van der Waals surface area contributed by atoms with E-state index in [0.717, 1.165) is 4.68 Å². The Bertz CT molecular complexity index is 760. The van der Waals surface area contributed by atoms with Crippen molar-refractivity contribution in [2.45, 2.75) is 13.0 Å². The Hall–Kier alpha value is -3.00. The van der Waals surface area contributed by atoms with Crippen LogP contribution in [0.4, 0.5) is 10.5 Å². The van der Waals surface area contributed by atoms with Gasteiger partial charge in [0.15, 0.2) is 6.10 Å². The molecule has 0 aliphatic carbocycles. The number of halogens is 1. The minimum Gasteiger partial charge on any atom is -0.437 e. The Morgan fingerprint density at radius 3 is 2.50 bits per heavy atom. The molecule has 0 aliphatic heterocycles. The fourth-order valence-corrected chi connectivity index (χ4v) is 2.10. The number of carbonyl (C=O) groups is 3. The van der Waals surface area contributed by atoms with Crippen molar-refractivity contribution in [3.05, 3.63) is 53.3 Å². The lowest BCUT2D eigenvalue weighted by molar-refractivity contribution is -0.124. The maximum atomic E-state index is 12.4. The molecular weight excluding hydrogens is 336 g/mol. The molecule has 1 aromatic carbocycles. The fourth-order valence-electron chi connectivity index (χ4n) is 1.87. The molecular formula is C15H15ClN4O4. The molecule has 24 heavy (non-hydrogen) atoms. The number of ether oxygens (including phenoxy) is 1. The number of carbonyl (C=O) groups excluding carboxylic acids is 3. The lowest BCUT2D eigenvalue weighted by atomic mass is 10.3. The molecule has 9 heteroatoms. The van der Waals surface area contributed by atoms with Crippen LogP contribution >= 0.6 is 11.6 Å². The van der Waals surface area contributed by atoms with Crippen molar-refractivity contribution in [1.29, 1.82) is 0 Å². The van der Waals surface area contributed by atoms with Gasteiger partial charge in [-0.2, -0.15) is 0 Å². The van der Waals surface area contributed by atoms with Crippen LogP contribution in [0.5, 0.6) is 0 Å². The van der Waals surface area contributed by atoms with E-state index in [1.54, 1.807) is 24.3 Å². The number of hydrogen-bond donors (Lipinski definition) is 3. The van der Waals surface area contributed by atoms with Gasteiger partial charge in [0, 0.05) is 11.9 Å². The third kappa shape index (κ3) is 4.26. The zero-order valence-electron chi connectivity index (χ0n) is 12.7. The number of nitrogens with zero attached hydrogens (tertiary/aromatic N) is 1. The summed E-state index contributed by atoms with van der Waals surface area (Å²) in [6.45, 7) is 1.34. The molecule has 126 valence electrons. The van der Waals surface area contributed by atoms with Crippen molar-refractivity contribution < 1.29 is 19.1 Å². The Morgan fingerprint density at radius 1 is 1.21 bits per heavy atom. The summed E-state index contributed by atoms with van der Waals surface area (Å²) in [7, 11) is 0. The van der Waals surface area contributed by atoms with E-state index >= 15 is 0 Å². The summed E-state index contributed by atoms with van der Waals surface area (Å²) in [5.74, 6) is -1.19. The van der Waals surface area contributed by atoms with Gasteiger partial charge in [0.2, 0.25) is 0 Å². The molecule has 0 saturated carbocycles. The number of aromatic nitrogens is 1. The maximum Gasteiger partial charge on any atom is 0.405 e. The quantitative estimate of drug-likeness (QED) is 0.764. The first-order valence-electron chi connectivity index (χ1n) is 6.88. The van der Waals surface area contributed by atoms with Gasteiger partial charge in [0.05, 0.1) is 5.02 Å². The summed E-state index contributed by atoms with van der Waals surface area (Å²) in [5, 5.41) is 2.80. The van der Waals surface area contributed by atoms with Crippen molar-refractivity contribution in [2.24, 2.45) is 5.73 Å². The summed E-state index contributed by atoms with van der Waals surface area (Å²) in [6, 6.07) is 10.2. The van der Waals surface area contributed by atoms with Gasteiger partial charge < -0.3 is 15.8 Å². The molecule has 0 spiro atoms. The van der Waals surface area contributed by atoms with Gasteiger partial charge in [-0.15, -0.1) is 0 Å². The Kier molecular flexibility index (Phi) is 5.43. The molecule has 0 aliphatic rings. The summed E-state index contributed by atoms with van der Waals surface area (Å²) >= 11 is 6.02. The third-order valence-corrected chi connectivity index (χ3v) is 3.28. The highest BCUT2D eigenvalue weighted by Crippen LogP contribution is 2.18. The van der Waals surface area contributed by atoms with Gasteiger partial charge in [-0.3, -0.25) is 19.7 Å². The van der Waals surface area contributed by atoms with E-state index in [9.17, 15) is 14.4 Å². The second-order valence-electron chi connectivity index (χ2n) is 4.76. The van der Waals surface area contributed by atoms with Crippen LogP contribution in [0.2, 0.25) is 5.02 Å². The van der Waals surface area contributed by atoms with Crippen LogP contribution < -0.4 is 16.5 Å². The highest BCUT2D eigenvalue weighted by Gasteiger charge is 2.21. The van der Waals surface area contributed by atoms with E-state index in [-0.39, 0.29) is 10.7 Å². The van der Waals surface area contributed by atoms with Gasteiger partial charge in [0.25, 0.3) is 11.8 Å². The Balaban J connectivity index is 2.14. The first-order valence-corrected chi connectivity index (χ1v) is 7.26. The van der Waals surface area contributed by atoms with E-state index in [4.69, 9.17) is 17.3 Å². The molecule has 1 heterocycles. The maximum absolute atomic E-state index is 12.4. The smallest absolute Gasteiger partial charge is 0.405 e. The highest BCUT2D eigenvalue weighted by atomic mass is 35.5. The standard InChI is InChI=1S/C15H15ClN4O4/c1-9(24-15(17)23)13(21)19-20-8-7-11(16)12(20)14(22)18-10-5-3-2-4-6-10/h2-9H,1H3,(H2,17,23)(H,18,22)(H,19,21)/t9-/m0/s1. The molecule has 3 amide bonds. The minimum absolute atomic E-state index is 0.0279. The van der Waals surface area contributed by atoms with E-state index in [0.29, 0.717) is 5.69 Å². The van der Waals surface area contributed by atoms with Crippen LogP contribution in [0.3, 0.4) is 0 Å². The lowest BCUT2D eigenvalue weighted by Crippen LogP contribution is -2.37. The van der Waals surface area contributed by atoms with Gasteiger partial charge >= 0.3 is 6.09 Å². The molecule has 1 aromatic heterocycles. The summed E-state index contributed by atoms with van der Waals surface area (Å²) in [6.07, 6.45) is -0.809. The van der Waals surface area contributed by atoms with Crippen LogP contribution in [0.25, 0.3) is 0 Å². The average molecular weight is 351 g/mol. The summed E-state index contributed by atoms with van der Waals surface area (Å²) < 4.78 is 5.71. The molecule has 0 radical (unpaired) electrons. The SMILES string of the molecule is C[C@H](OC(N)=O)C(=O)Nn1ccc(Cl)c1C(=O)Nc1ccccc1. The van der Waals surface area contributed by atoms with Gasteiger partial charge in [-0.25, -0.2) is 4.79 Å². The third-order valence-electron chi connectivity index (χ3n) is 2.98. The number of rotatable bonds is 5. The van der Waals surface area contributed by atoms with Crippen LogP contribution in [0, 0.1) is 0 Å². The summed E-state index contributed by atoms with van der Waals surface area (Å²) in [5.41, 5.74) is 7.86. The largest absolute Gasteiger partial charge is 0.437 e. The molecule has 0 fully saturated rings. The van der Waals surface area contributed by atoms with Crippen LogP contribution in [-0.2, 0) is 9.53 Å². The first-order chi connectivity index (χ1) is 11.4. The number of para-hydroxylation sites is 1. The second-order valence-corrected chi connectivity index (χ2v) is 5.16. The number of nitrogens with one attached hydrogen (secondary N) is 2. The Labute approximate surface area is 142 Å². The number of anilines is 1. The lowest BCUT2D eigenvalue weighted by Gasteiger charge is -2.15. The van der Waals surface area contributed by atoms with E-state index < -0.39 is 24.0 Å². The fraction of sp³-hybridized carbons (Fsp3) is 0.133. The number of amides is 3. The van der Waals surface area contributed by atoms with Crippen LogP contribution in [0.1, 0.15) is 17.4 Å². The zero-order valence-corrected chi connectivity index (χ0v) is 13.4. The highest BCUT2D eigenvalue weighted by molar-refractivity contribution is 6.34. The second kappa shape index (κ2) is 7.51. The molecule has 1 atom stereocenters. The molecule has 2 aromatic rings. The van der Waals surface area contributed by atoms with Gasteiger partial charge in [-0.05, 0) is 25.1 Å². The molecule has 0 bridgehead atoms. The molecule has 0 unspecified atom stereocenters. The van der Waals surface area contributed by atoms with E-state index in [2.05, 4.69) is 15.5 Å². The Morgan fingerprint density at radius 2 is 1.88 bits per heavy atom. The predicted octanol–water partition coefficient (Wildman–Crippen LogP) is 1.95. The molecule has 0 saturated heterocycles. The average Bonchev–Trinajstić information content (AvgIpc) is 2.88. The van der Waals surface area contributed by atoms with Crippen molar-refractivity contribution in [2.75, 3.05) is 10.7 Å². The van der Waals surface area contributed by atoms with Gasteiger partial charge in [0.1, 0.15) is 5.69 Å². The van der Waals surface area contributed by atoms with Crippen LogP contribution in [0.15, 0.2) is 42.6 Å². The first kappa shape index (κ1) is 17.4. The monoisotopic (exact) mass is 350 g/mol. The number of primary amides is 1. The minimum atomic E-state index is -1.13.